The highest BCUT2D eigenvalue weighted by Gasteiger charge is 2.22. The van der Waals surface area contributed by atoms with E-state index in [1.54, 1.807) is 19.2 Å². The molecule has 1 N–H and O–H groups in total. The molecule has 1 aromatic heterocycles. The quantitative estimate of drug-likeness (QED) is 0.354. The van der Waals surface area contributed by atoms with Gasteiger partial charge in [0.15, 0.2) is 11.0 Å². The van der Waals surface area contributed by atoms with Gasteiger partial charge in [0.2, 0.25) is 5.91 Å². The fourth-order valence-electron chi connectivity index (χ4n) is 3.12. The number of ether oxygens (including phenoxy) is 1. The van der Waals surface area contributed by atoms with Crippen LogP contribution in [0.25, 0.3) is 17.1 Å². The van der Waals surface area contributed by atoms with Crippen LogP contribution in [0.15, 0.2) is 84.0 Å². The maximum Gasteiger partial charge on any atom is 0.237 e. The molecule has 32 heavy (non-hydrogen) atoms. The Hall–Kier alpha value is -3.29. The van der Waals surface area contributed by atoms with Crippen LogP contribution in [0.4, 0.5) is 5.69 Å². The number of carbonyl (C=O) groups excluding carboxylic acids is 1. The third kappa shape index (κ3) is 4.79. The number of hydrogen-bond donors (Lipinski definition) is 1. The van der Waals surface area contributed by atoms with Crippen LogP contribution in [0.3, 0.4) is 0 Å². The molecule has 8 heteroatoms. The van der Waals surface area contributed by atoms with E-state index in [1.165, 1.54) is 11.8 Å². The third-order valence-electron chi connectivity index (χ3n) is 4.75. The van der Waals surface area contributed by atoms with Crippen molar-refractivity contribution in [1.29, 1.82) is 0 Å². The van der Waals surface area contributed by atoms with Crippen molar-refractivity contribution in [3.05, 3.63) is 83.9 Å². The summed E-state index contributed by atoms with van der Waals surface area (Å²) in [6, 6.07) is 24.6. The standard InChI is InChI=1S/C24H21ClN4O2S/c1-16(23(30)26-18-11-7-4-8-12-18)32-24-28-27-22(17-9-5-3-6-10-17)29(24)19-13-14-21(31-2)20(25)15-19/h3-16H,1-2H3,(H,26,30). The first kappa shape index (κ1) is 21.9. The van der Waals surface area contributed by atoms with Gasteiger partial charge in [-0.2, -0.15) is 0 Å². The van der Waals surface area contributed by atoms with E-state index in [9.17, 15) is 4.79 Å². The van der Waals surface area contributed by atoms with Gasteiger partial charge in [-0.05, 0) is 37.3 Å². The van der Waals surface area contributed by atoms with Crippen molar-refractivity contribution >= 4 is 35.0 Å². The molecule has 1 atom stereocenters. The number of methoxy groups -OCH3 is 1. The van der Waals surface area contributed by atoms with Crippen LogP contribution >= 0.6 is 23.4 Å². The molecule has 0 saturated carbocycles. The van der Waals surface area contributed by atoms with Crippen molar-refractivity contribution in [2.75, 3.05) is 12.4 Å². The average molecular weight is 465 g/mol. The molecule has 0 aliphatic rings. The van der Waals surface area contributed by atoms with Crippen LogP contribution < -0.4 is 10.1 Å². The van der Waals surface area contributed by atoms with Crippen molar-refractivity contribution in [3.8, 4) is 22.8 Å². The lowest BCUT2D eigenvalue weighted by Gasteiger charge is -2.15. The van der Waals surface area contributed by atoms with Gasteiger partial charge in [0.1, 0.15) is 5.75 Å². The number of para-hydroxylation sites is 1. The second-order valence-corrected chi connectivity index (χ2v) is 8.66. The molecule has 0 aliphatic carbocycles. The van der Waals surface area contributed by atoms with Crippen molar-refractivity contribution in [2.45, 2.75) is 17.3 Å². The maximum atomic E-state index is 12.8. The molecule has 1 unspecified atom stereocenters. The molecule has 162 valence electrons. The molecule has 3 aromatic carbocycles. The maximum absolute atomic E-state index is 12.8. The Morgan fingerprint density at radius 3 is 2.38 bits per heavy atom. The number of rotatable bonds is 7. The number of hydrogen-bond acceptors (Lipinski definition) is 5. The number of halogens is 1. The molecule has 0 saturated heterocycles. The molecule has 1 heterocycles. The summed E-state index contributed by atoms with van der Waals surface area (Å²) in [6.45, 7) is 1.84. The lowest BCUT2D eigenvalue weighted by atomic mass is 10.2. The molecule has 1 amide bonds. The Balaban J connectivity index is 1.68. The summed E-state index contributed by atoms with van der Waals surface area (Å²) in [4.78, 5) is 12.8. The van der Waals surface area contributed by atoms with Crippen molar-refractivity contribution in [1.82, 2.24) is 14.8 Å². The predicted molar refractivity (Wildman–Crippen MR) is 129 cm³/mol. The Bertz CT molecular complexity index is 1220. The molecule has 4 rings (SSSR count). The van der Waals surface area contributed by atoms with Gasteiger partial charge in [0, 0.05) is 11.3 Å². The number of aromatic nitrogens is 3. The van der Waals surface area contributed by atoms with E-state index < -0.39 is 5.25 Å². The molecule has 0 aliphatic heterocycles. The third-order valence-corrected chi connectivity index (χ3v) is 6.09. The zero-order chi connectivity index (χ0) is 22.5. The molecule has 6 nitrogen and oxygen atoms in total. The molecule has 0 bridgehead atoms. The van der Waals surface area contributed by atoms with Gasteiger partial charge in [-0.1, -0.05) is 71.9 Å². The van der Waals surface area contributed by atoms with Gasteiger partial charge in [-0.15, -0.1) is 10.2 Å². The van der Waals surface area contributed by atoms with E-state index in [1.807, 2.05) is 78.2 Å². The highest BCUT2D eigenvalue weighted by Crippen LogP contribution is 2.33. The summed E-state index contributed by atoms with van der Waals surface area (Å²) >= 11 is 7.72. The topological polar surface area (TPSA) is 69.0 Å². The van der Waals surface area contributed by atoms with Crippen LogP contribution in [0, 0.1) is 0 Å². The van der Waals surface area contributed by atoms with E-state index in [0.29, 0.717) is 21.8 Å². The monoisotopic (exact) mass is 464 g/mol. The lowest BCUT2D eigenvalue weighted by molar-refractivity contribution is -0.115. The number of anilines is 1. The minimum Gasteiger partial charge on any atom is -0.495 e. The first-order chi connectivity index (χ1) is 15.6. The second kappa shape index (κ2) is 9.89. The van der Waals surface area contributed by atoms with Crippen LogP contribution in [0.2, 0.25) is 5.02 Å². The molecular formula is C24H21ClN4O2S. The highest BCUT2D eigenvalue weighted by molar-refractivity contribution is 8.00. The smallest absolute Gasteiger partial charge is 0.237 e. The van der Waals surface area contributed by atoms with Crippen molar-refractivity contribution < 1.29 is 9.53 Å². The summed E-state index contributed by atoms with van der Waals surface area (Å²) < 4.78 is 7.18. The molecule has 0 fully saturated rings. The van der Waals surface area contributed by atoms with E-state index in [-0.39, 0.29) is 5.91 Å². The number of nitrogens with zero attached hydrogens (tertiary/aromatic N) is 3. The SMILES string of the molecule is COc1ccc(-n2c(SC(C)C(=O)Nc3ccccc3)nnc2-c2ccccc2)cc1Cl. The number of thioether (sulfide) groups is 1. The first-order valence-corrected chi connectivity index (χ1v) is 11.2. The van der Waals surface area contributed by atoms with Gasteiger partial charge in [0.05, 0.1) is 23.1 Å². The fourth-order valence-corrected chi connectivity index (χ4v) is 4.24. The number of benzene rings is 3. The highest BCUT2D eigenvalue weighted by atomic mass is 35.5. The zero-order valence-electron chi connectivity index (χ0n) is 17.5. The van der Waals surface area contributed by atoms with Gasteiger partial charge >= 0.3 is 0 Å². The van der Waals surface area contributed by atoms with Crippen LogP contribution in [0.1, 0.15) is 6.92 Å². The van der Waals surface area contributed by atoms with Crippen LogP contribution in [0.5, 0.6) is 5.75 Å². The first-order valence-electron chi connectivity index (χ1n) is 9.94. The normalized spacial score (nSPS) is 11.7. The van der Waals surface area contributed by atoms with Crippen LogP contribution in [-0.4, -0.2) is 33.0 Å². The fraction of sp³-hybridized carbons (Fsp3) is 0.125. The van der Waals surface area contributed by atoms with Gasteiger partial charge < -0.3 is 10.1 Å². The lowest BCUT2D eigenvalue weighted by Crippen LogP contribution is -2.22. The second-order valence-electron chi connectivity index (χ2n) is 6.94. The minimum absolute atomic E-state index is 0.121. The molecule has 0 spiro atoms. The Morgan fingerprint density at radius 2 is 1.72 bits per heavy atom. The summed E-state index contributed by atoms with van der Waals surface area (Å²) in [5, 5.41) is 12.4. The van der Waals surface area contributed by atoms with Gasteiger partial charge in [-0.3, -0.25) is 9.36 Å². The van der Waals surface area contributed by atoms with Gasteiger partial charge in [-0.25, -0.2) is 0 Å². The van der Waals surface area contributed by atoms with E-state index in [2.05, 4.69) is 15.5 Å². The van der Waals surface area contributed by atoms with Crippen LogP contribution in [-0.2, 0) is 4.79 Å². The summed E-state index contributed by atoms with van der Waals surface area (Å²) in [6.07, 6.45) is 0. The predicted octanol–water partition coefficient (Wildman–Crippen LogP) is 5.72. The minimum atomic E-state index is -0.407. The average Bonchev–Trinajstić information content (AvgIpc) is 3.23. The largest absolute Gasteiger partial charge is 0.495 e. The number of amides is 1. The number of carbonyl (C=O) groups is 1. The van der Waals surface area contributed by atoms with E-state index in [0.717, 1.165) is 16.9 Å². The zero-order valence-corrected chi connectivity index (χ0v) is 19.1. The summed E-state index contributed by atoms with van der Waals surface area (Å²) in [5.41, 5.74) is 2.43. The molecule has 0 radical (unpaired) electrons. The molecule has 4 aromatic rings. The Morgan fingerprint density at radius 1 is 1.03 bits per heavy atom. The van der Waals surface area contributed by atoms with Crippen molar-refractivity contribution in [2.24, 2.45) is 0 Å². The summed E-state index contributed by atoms with van der Waals surface area (Å²) in [7, 11) is 1.57. The Labute approximate surface area is 195 Å². The Kier molecular flexibility index (Phi) is 6.78. The van der Waals surface area contributed by atoms with E-state index in [4.69, 9.17) is 16.3 Å². The number of nitrogens with one attached hydrogen (secondary N) is 1. The molecular weight excluding hydrogens is 444 g/mol. The van der Waals surface area contributed by atoms with Gasteiger partial charge in [0.25, 0.3) is 0 Å². The van der Waals surface area contributed by atoms with Crippen molar-refractivity contribution in [3.63, 3.8) is 0 Å². The van der Waals surface area contributed by atoms with E-state index >= 15 is 0 Å². The summed E-state index contributed by atoms with van der Waals surface area (Å²) in [5.74, 6) is 1.12.